The summed E-state index contributed by atoms with van der Waals surface area (Å²) in [5.74, 6) is -0.289. The van der Waals surface area contributed by atoms with E-state index in [1.54, 1.807) is 35.2 Å². The highest BCUT2D eigenvalue weighted by atomic mass is 32.2. The van der Waals surface area contributed by atoms with Crippen LogP contribution < -0.4 is 14.2 Å². The van der Waals surface area contributed by atoms with Gasteiger partial charge in [0.2, 0.25) is 11.9 Å². The van der Waals surface area contributed by atoms with Crippen molar-refractivity contribution in [3.05, 3.63) is 52.1 Å². The summed E-state index contributed by atoms with van der Waals surface area (Å²) in [4.78, 5) is 0. The van der Waals surface area contributed by atoms with Crippen LogP contribution in [0.3, 0.4) is 0 Å². The van der Waals surface area contributed by atoms with E-state index in [0.29, 0.717) is 34.8 Å². The Balaban J connectivity index is 2.20. The van der Waals surface area contributed by atoms with Gasteiger partial charge in [-0.25, -0.2) is 0 Å². The van der Waals surface area contributed by atoms with Crippen molar-refractivity contribution in [1.29, 1.82) is 0 Å². The van der Waals surface area contributed by atoms with Gasteiger partial charge in [-0.3, -0.25) is 8.37 Å². The highest BCUT2D eigenvalue weighted by Gasteiger charge is 2.40. The average molecular weight is 675 g/mol. The van der Waals surface area contributed by atoms with Crippen LogP contribution in [-0.4, -0.2) is 69.9 Å². The molecule has 0 spiro atoms. The molecule has 14 heteroatoms. The minimum atomic E-state index is -3.92. The molecule has 0 saturated heterocycles. The van der Waals surface area contributed by atoms with E-state index in [9.17, 15) is 16.8 Å². The number of ether oxygens (including phenoxy) is 6. The molecule has 1 aliphatic carbocycles. The predicted molar refractivity (Wildman–Crippen MR) is 168 cm³/mol. The predicted octanol–water partition coefficient (Wildman–Crippen LogP) is 4.79. The summed E-state index contributed by atoms with van der Waals surface area (Å²) >= 11 is 0. The van der Waals surface area contributed by atoms with Gasteiger partial charge in [-0.2, -0.15) is 16.8 Å². The minimum absolute atomic E-state index is 0.00131. The molecule has 2 aromatic rings. The molecule has 0 radical (unpaired) electrons. The number of rotatable bonds is 20. The molecule has 1 fully saturated rings. The zero-order chi connectivity index (χ0) is 33.1. The minimum Gasteiger partial charge on any atom is -0.490 e. The van der Waals surface area contributed by atoms with Gasteiger partial charge in [0, 0.05) is 43.4 Å². The Kier molecular flexibility index (Phi) is 13.9. The van der Waals surface area contributed by atoms with Crippen molar-refractivity contribution in [2.75, 3.05) is 53.0 Å². The molecular weight excluding hydrogens is 628 g/mol. The second-order valence-electron chi connectivity index (χ2n) is 10.6. The summed E-state index contributed by atoms with van der Waals surface area (Å²) in [6, 6.07) is 7.87. The van der Waals surface area contributed by atoms with Crippen LogP contribution in [0.4, 0.5) is 0 Å². The molecule has 0 unspecified atom stereocenters. The van der Waals surface area contributed by atoms with Crippen molar-refractivity contribution < 1.29 is 53.6 Å². The quantitative estimate of drug-likeness (QED) is 0.178. The second-order valence-corrected chi connectivity index (χ2v) is 13.7. The van der Waals surface area contributed by atoms with Crippen molar-refractivity contribution in [2.24, 2.45) is 0 Å². The van der Waals surface area contributed by atoms with Crippen molar-refractivity contribution in [1.82, 2.24) is 0 Å². The Morgan fingerprint density at radius 3 is 1.44 bits per heavy atom. The first kappa shape index (κ1) is 37.0. The second kappa shape index (κ2) is 16.9. The fraction of sp³-hybridized carbons (Fsp3) is 0.613. The molecule has 1 saturated carbocycles. The number of hydrogen-bond acceptors (Lipinski definition) is 12. The zero-order valence-corrected chi connectivity index (χ0v) is 28.6. The summed E-state index contributed by atoms with van der Waals surface area (Å²) in [7, 11) is -3.15. The zero-order valence-electron chi connectivity index (χ0n) is 27.0. The molecule has 1 aliphatic rings. The van der Waals surface area contributed by atoms with Crippen LogP contribution in [0.15, 0.2) is 24.3 Å². The maximum absolute atomic E-state index is 12.3. The summed E-state index contributed by atoms with van der Waals surface area (Å²) in [5, 5.41) is 0. The van der Waals surface area contributed by atoms with Crippen molar-refractivity contribution >= 4 is 20.2 Å². The van der Waals surface area contributed by atoms with E-state index < -0.39 is 37.5 Å². The molecular formula is C31H46O12S2. The van der Waals surface area contributed by atoms with Crippen LogP contribution in [0.25, 0.3) is 0 Å². The molecule has 12 nitrogen and oxygen atoms in total. The van der Waals surface area contributed by atoms with Gasteiger partial charge in [0.05, 0.1) is 39.6 Å². The maximum atomic E-state index is 12.3. The molecule has 0 heterocycles. The molecule has 0 aromatic heterocycles. The summed E-state index contributed by atoms with van der Waals surface area (Å²) in [6.07, 6.45) is 3.58. The molecule has 254 valence electrons. The fourth-order valence-corrected chi connectivity index (χ4v) is 7.16. The topological polar surface area (TPSA) is 142 Å². The van der Waals surface area contributed by atoms with Crippen LogP contribution in [0, 0.1) is 0 Å². The molecule has 0 bridgehead atoms. The average Bonchev–Trinajstić information content (AvgIpc) is 3.48. The van der Waals surface area contributed by atoms with Gasteiger partial charge < -0.3 is 28.4 Å². The SMILES string of the molecule is CCOc1cc(C2(c3cc(COC)c(OCS(=O)(=O)OCC)c(COC)c3)CCCC2)cc(COC)c1OCS(=O)(=O)OCC. The lowest BCUT2D eigenvalue weighted by Gasteiger charge is -2.33. The van der Waals surface area contributed by atoms with Crippen LogP contribution in [-0.2, 0) is 68.0 Å². The van der Waals surface area contributed by atoms with Crippen molar-refractivity contribution in [3.8, 4) is 17.2 Å². The third-order valence-electron chi connectivity index (χ3n) is 7.43. The highest BCUT2D eigenvalue weighted by Crippen LogP contribution is 2.50. The summed E-state index contributed by atoms with van der Waals surface area (Å²) in [6.45, 7) is 5.85. The van der Waals surface area contributed by atoms with E-state index in [4.69, 9.17) is 36.8 Å². The Morgan fingerprint density at radius 2 is 1.02 bits per heavy atom. The van der Waals surface area contributed by atoms with E-state index in [-0.39, 0.29) is 38.8 Å². The third kappa shape index (κ3) is 9.53. The van der Waals surface area contributed by atoms with Gasteiger partial charge in [-0.05, 0) is 69.0 Å². The monoisotopic (exact) mass is 674 g/mol. The number of methoxy groups -OCH3 is 3. The van der Waals surface area contributed by atoms with Gasteiger partial charge in [-0.1, -0.05) is 12.8 Å². The first-order valence-electron chi connectivity index (χ1n) is 14.9. The smallest absolute Gasteiger partial charge is 0.303 e. The lowest BCUT2D eigenvalue weighted by Crippen LogP contribution is -2.26. The molecule has 0 atom stereocenters. The van der Waals surface area contributed by atoms with Crippen LogP contribution in [0.5, 0.6) is 17.2 Å². The lowest BCUT2D eigenvalue weighted by molar-refractivity contribution is 0.172. The third-order valence-corrected chi connectivity index (χ3v) is 9.43. The standard InChI is InChI=1S/C31H46O12S2/c1-7-39-28-17-27(16-25(20-38-6)30(28)41-22-45(34,35)43-9-3)31(12-10-11-13-31)26-14-23(18-36-4)29(24(15-26)19-37-5)40-21-44(32,33)42-8-2/h14-17H,7-13,18-22H2,1-6H3. The highest BCUT2D eigenvalue weighted by molar-refractivity contribution is 7.86. The fourth-order valence-electron chi connectivity index (χ4n) is 5.78. The molecule has 0 N–H and O–H groups in total. The van der Waals surface area contributed by atoms with E-state index in [2.05, 4.69) is 0 Å². The van der Waals surface area contributed by atoms with Gasteiger partial charge in [0.1, 0.15) is 5.75 Å². The van der Waals surface area contributed by atoms with Crippen molar-refractivity contribution in [3.63, 3.8) is 0 Å². The van der Waals surface area contributed by atoms with E-state index >= 15 is 0 Å². The summed E-state index contributed by atoms with van der Waals surface area (Å²) < 4.78 is 93.1. The van der Waals surface area contributed by atoms with Crippen LogP contribution in [0.2, 0.25) is 0 Å². The van der Waals surface area contributed by atoms with Gasteiger partial charge in [0.25, 0.3) is 0 Å². The van der Waals surface area contributed by atoms with Crippen LogP contribution >= 0.6 is 0 Å². The number of benzene rings is 2. The first-order valence-corrected chi connectivity index (χ1v) is 18.1. The van der Waals surface area contributed by atoms with E-state index in [1.807, 2.05) is 31.2 Å². The molecule has 0 amide bonds. The van der Waals surface area contributed by atoms with Crippen molar-refractivity contribution in [2.45, 2.75) is 71.7 Å². The van der Waals surface area contributed by atoms with E-state index in [0.717, 1.165) is 36.8 Å². The normalized spacial score (nSPS) is 14.9. The van der Waals surface area contributed by atoms with E-state index in [1.165, 1.54) is 0 Å². The molecule has 3 rings (SSSR count). The Bertz CT molecular complexity index is 1310. The Morgan fingerprint density at radius 1 is 0.600 bits per heavy atom. The number of hydrogen-bond donors (Lipinski definition) is 0. The molecule has 0 aliphatic heterocycles. The summed E-state index contributed by atoms with van der Waals surface area (Å²) in [5.41, 5.74) is 3.44. The molecule has 45 heavy (non-hydrogen) atoms. The van der Waals surface area contributed by atoms with Gasteiger partial charge in [-0.15, -0.1) is 0 Å². The Labute approximate surface area is 267 Å². The maximum Gasteiger partial charge on any atom is 0.303 e. The van der Waals surface area contributed by atoms with Gasteiger partial charge >= 0.3 is 20.2 Å². The Hall–Kier alpha value is -2.46. The first-order chi connectivity index (χ1) is 21.5. The van der Waals surface area contributed by atoms with Crippen LogP contribution in [0.1, 0.15) is 74.3 Å². The largest absolute Gasteiger partial charge is 0.490 e. The van der Waals surface area contributed by atoms with Gasteiger partial charge in [0.15, 0.2) is 11.5 Å². The molecule has 2 aromatic carbocycles. The lowest BCUT2D eigenvalue weighted by atomic mass is 9.71.